The van der Waals surface area contributed by atoms with Gasteiger partial charge in [-0.25, -0.2) is 8.42 Å². The predicted molar refractivity (Wildman–Crippen MR) is 80.0 cm³/mol. The summed E-state index contributed by atoms with van der Waals surface area (Å²) in [5, 5.41) is 2.51. The van der Waals surface area contributed by atoms with E-state index in [2.05, 4.69) is 5.32 Å². The van der Waals surface area contributed by atoms with Crippen molar-refractivity contribution in [3.8, 4) is 11.5 Å². The first-order valence-corrected chi connectivity index (χ1v) is 8.61. The lowest BCUT2D eigenvalue weighted by molar-refractivity contribution is -0.118. The highest BCUT2D eigenvalue weighted by molar-refractivity contribution is 7.92. The number of nitrogens with one attached hydrogen (secondary N) is 1. The Balaban J connectivity index is 1.67. The van der Waals surface area contributed by atoms with E-state index in [-0.39, 0.29) is 11.4 Å². The molecule has 1 aromatic heterocycles. The van der Waals surface area contributed by atoms with Crippen LogP contribution in [0.15, 0.2) is 45.9 Å². The number of hydrogen-bond acceptors (Lipinski definition) is 6. The van der Waals surface area contributed by atoms with Gasteiger partial charge in [-0.1, -0.05) is 0 Å². The SMILES string of the molecule is O=C(CS(=O)(=O)c1ccc2c(c1)OCCO2)NCc1ccco1. The number of amides is 1. The molecule has 0 fully saturated rings. The van der Waals surface area contributed by atoms with Gasteiger partial charge in [-0.3, -0.25) is 4.79 Å². The Bertz CT molecular complexity index is 797. The molecule has 0 saturated heterocycles. The van der Waals surface area contributed by atoms with Crippen molar-refractivity contribution < 1.29 is 27.1 Å². The number of carbonyl (C=O) groups excluding carboxylic acids is 1. The molecule has 0 spiro atoms. The fourth-order valence-electron chi connectivity index (χ4n) is 2.12. The van der Waals surface area contributed by atoms with Gasteiger partial charge in [0, 0.05) is 6.07 Å². The van der Waals surface area contributed by atoms with Crippen molar-refractivity contribution >= 4 is 15.7 Å². The van der Waals surface area contributed by atoms with Crippen molar-refractivity contribution in [3.05, 3.63) is 42.4 Å². The summed E-state index contributed by atoms with van der Waals surface area (Å²) in [6, 6.07) is 7.69. The van der Waals surface area contributed by atoms with Gasteiger partial charge in [0.25, 0.3) is 0 Å². The van der Waals surface area contributed by atoms with Gasteiger partial charge in [0.15, 0.2) is 21.3 Å². The third-order valence-electron chi connectivity index (χ3n) is 3.23. The molecule has 122 valence electrons. The molecule has 1 amide bonds. The van der Waals surface area contributed by atoms with Crippen molar-refractivity contribution in [3.63, 3.8) is 0 Å². The van der Waals surface area contributed by atoms with Crippen LogP contribution in [-0.4, -0.2) is 33.3 Å². The number of benzene rings is 1. The highest BCUT2D eigenvalue weighted by atomic mass is 32.2. The van der Waals surface area contributed by atoms with Crippen LogP contribution >= 0.6 is 0 Å². The predicted octanol–water partition coefficient (Wildman–Crippen LogP) is 1.14. The average Bonchev–Trinajstić information content (AvgIpc) is 3.05. The van der Waals surface area contributed by atoms with E-state index in [4.69, 9.17) is 13.9 Å². The van der Waals surface area contributed by atoms with E-state index in [1.54, 1.807) is 12.1 Å². The van der Waals surface area contributed by atoms with Crippen molar-refractivity contribution in [2.45, 2.75) is 11.4 Å². The average molecular weight is 337 g/mol. The lowest BCUT2D eigenvalue weighted by Gasteiger charge is -2.18. The maximum absolute atomic E-state index is 12.3. The van der Waals surface area contributed by atoms with E-state index < -0.39 is 21.5 Å². The van der Waals surface area contributed by atoms with Crippen LogP contribution in [0.3, 0.4) is 0 Å². The van der Waals surface area contributed by atoms with Gasteiger partial charge in [-0.2, -0.15) is 0 Å². The zero-order valence-electron chi connectivity index (χ0n) is 12.2. The lowest BCUT2D eigenvalue weighted by atomic mass is 10.3. The zero-order chi connectivity index (χ0) is 16.3. The Labute approximate surface area is 133 Å². The summed E-state index contributed by atoms with van der Waals surface area (Å²) in [4.78, 5) is 11.9. The Kier molecular flexibility index (Phi) is 4.24. The first-order valence-electron chi connectivity index (χ1n) is 6.96. The number of carbonyl (C=O) groups is 1. The molecule has 3 rings (SSSR count). The molecule has 2 aromatic rings. The second-order valence-corrected chi connectivity index (χ2v) is 6.91. The fraction of sp³-hybridized carbons (Fsp3) is 0.267. The van der Waals surface area contributed by atoms with Crippen molar-refractivity contribution in [1.29, 1.82) is 0 Å². The smallest absolute Gasteiger partial charge is 0.235 e. The van der Waals surface area contributed by atoms with Crippen LogP contribution in [0.4, 0.5) is 0 Å². The van der Waals surface area contributed by atoms with E-state index in [1.165, 1.54) is 24.5 Å². The molecule has 0 saturated carbocycles. The van der Waals surface area contributed by atoms with Gasteiger partial charge >= 0.3 is 0 Å². The van der Waals surface area contributed by atoms with Gasteiger partial charge in [0.2, 0.25) is 5.91 Å². The Hall–Kier alpha value is -2.48. The minimum Gasteiger partial charge on any atom is -0.486 e. The maximum atomic E-state index is 12.3. The quantitative estimate of drug-likeness (QED) is 0.879. The van der Waals surface area contributed by atoms with E-state index in [0.717, 1.165) is 0 Å². The van der Waals surface area contributed by atoms with Gasteiger partial charge in [-0.15, -0.1) is 0 Å². The molecule has 1 aromatic carbocycles. The van der Waals surface area contributed by atoms with Crippen LogP contribution in [0.2, 0.25) is 0 Å². The van der Waals surface area contributed by atoms with Crippen LogP contribution in [-0.2, 0) is 21.2 Å². The molecular formula is C15H15NO6S. The highest BCUT2D eigenvalue weighted by Gasteiger charge is 2.22. The molecule has 23 heavy (non-hydrogen) atoms. The number of sulfone groups is 1. The third kappa shape index (κ3) is 3.65. The Morgan fingerprint density at radius 2 is 1.91 bits per heavy atom. The van der Waals surface area contributed by atoms with Gasteiger partial charge < -0.3 is 19.2 Å². The first kappa shape index (κ1) is 15.4. The molecule has 0 bridgehead atoms. The molecule has 7 nitrogen and oxygen atoms in total. The van der Waals surface area contributed by atoms with Crippen LogP contribution < -0.4 is 14.8 Å². The summed E-state index contributed by atoms with van der Waals surface area (Å²) >= 11 is 0. The maximum Gasteiger partial charge on any atom is 0.235 e. The number of rotatable bonds is 5. The minimum atomic E-state index is -3.76. The van der Waals surface area contributed by atoms with Crippen molar-refractivity contribution in [2.75, 3.05) is 19.0 Å². The monoisotopic (exact) mass is 337 g/mol. The summed E-state index contributed by atoms with van der Waals surface area (Å²) in [5.41, 5.74) is 0. The van der Waals surface area contributed by atoms with Crippen LogP contribution in [0.25, 0.3) is 0 Å². The number of fused-ring (bicyclic) bond motifs is 1. The minimum absolute atomic E-state index is 0.0231. The Morgan fingerprint density at radius 1 is 1.13 bits per heavy atom. The van der Waals surface area contributed by atoms with Gasteiger partial charge in [0.05, 0.1) is 17.7 Å². The topological polar surface area (TPSA) is 94.8 Å². The number of hydrogen-bond donors (Lipinski definition) is 1. The number of furan rings is 1. The molecule has 0 radical (unpaired) electrons. The molecule has 0 atom stereocenters. The van der Waals surface area contributed by atoms with Gasteiger partial charge in [0.1, 0.15) is 24.7 Å². The first-order chi connectivity index (χ1) is 11.0. The lowest BCUT2D eigenvalue weighted by Crippen LogP contribution is -2.29. The summed E-state index contributed by atoms with van der Waals surface area (Å²) < 4.78 is 40.4. The van der Waals surface area contributed by atoms with Crippen LogP contribution in [0.5, 0.6) is 11.5 Å². The molecule has 8 heteroatoms. The fourth-order valence-corrected chi connectivity index (χ4v) is 3.30. The third-order valence-corrected chi connectivity index (χ3v) is 4.85. The van der Waals surface area contributed by atoms with E-state index in [9.17, 15) is 13.2 Å². The largest absolute Gasteiger partial charge is 0.486 e. The van der Waals surface area contributed by atoms with E-state index >= 15 is 0 Å². The summed E-state index contributed by atoms with van der Waals surface area (Å²) in [6.07, 6.45) is 1.48. The molecule has 2 heterocycles. The molecule has 0 aliphatic carbocycles. The summed E-state index contributed by atoms with van der Waals surface area (Å²) in [7, 11) is -3.76. The van der Waals surface area contributed by atoms with E-state index in [1.807, 2.05) is 0 Å². The second-order valence-electron chi connectivity index (χ2n) is 4.92. The number of ether oxygens (including phenoxy) is 2. The van der Waals surface area contributed by atoms with Crippen LogP contribution in [0, 0.1) is 0 Å². The molecule has 0 unspecified atom stereocenters. The van der Waals surface area contributed by atoms with E-state index in [0.29, 0.717) is 30.5 Å². The summed E-state index contributed by atoms with van der Waals surface area (Å²) in [6.45, 7) is 0.927. The second kappa shape index (κ2) is 6.33. The summed E-state index contributed by atoms with van der Waals surface area (Å²) in [5.74, 6) is 0.171. The van der Waals surface area contributed by atoms with Crippen LogP contribution in [0.1, 0.15) is 5.76 Å². The van der Waals surface area contributed by atoms with Gasteiger partial charge in [-0.05, 0) is 24.3 Å². The normalized spacial score (nSPS) is 13.6. The highest BCUT2D eigenvalue weighted by Crippen LogP contribution is 2.32. The van der Waals surface area contributed by atoms with Crippen molar-refractivity contribution in [1.82, 2.24) is 5.32 Å². The zero-order valence-corrected chi connectivity index (χ0v) is 13.0. The molecule has 1 aliphatic heterocycles. The molecular weight excluding hydrogens is 322 g/mol. The molecule has 1 aliphatic rings. The Morgan fingerprint density at radius 3 is 2.65 bits per heavy atom. The molecule has 1 N–H and O–H groups in total. The van der Waals surface area contributed by atoms with Crippen molar-refractivity contribution in [2.24, 2.45) is 0 Å². The standard InChI is InChI=1S/C15H15NO6S/c17-15(16-9-11-2-1-5-20-11)10-23(18,19)12-3-4-13-14(8-12)22-7-6-21-13/h1-5,8H,6-7,9-10H2,(H,16,17).